The maximum absolute atomic E-state index is 4.93. The lowest BCUT2D eigenvalue weighted by molar-refractivity contribution is 0.593. The summed E-state index contributed by atoms with van der Waals surface area (Å²) < 4.78 is 0.688. The second-order valence-corrected chi connectivity index (χ2v) is 3.83. The first-order valence-corrected chi connectivity index (χ1v) is 5.41. The Bertz CT molecular complexity index is 301. The van der Waals surface area contributed by atoms with Crippen molar-refractivity contribution in [2.75, 3.05) is 13.1 Å². The van der Waals surface area contributed by atoms with Crippen LogP contribution in [-0.2, 0) is 0 Å². The highest BCUT2D eigenvalue weighted by atomic mass is 32.1. The molecule has 0 aliphatic rings. The molecule has 1 atom stereocenters. The van der Waals surface area contributed by atoms with E-state index in [9.17, 15) is 0 Å². The first-order valence-electron chi connectivity index (χ1n) is 5.00. The van der Waals surface area contributed by atoms with E-state index in [1.54, 1.807) is 0 Å². The summed E-state index contributed by atoms with van der Waals surface area (Å²) in [5, 5.41) is 10.3. The van der Waals surface area contributed by atoms with Gasteiger partial charge in [0.05, 0.1) is 5.69 Å². The average molecular weight is 211 g/mol. The van der Waals surface area contributed by atoms with Gasteiger partial charge in [0.2, 0.25) is 0 Å². The second-order valence-electron chi connectivity index (χ2n) is 3.39. The Morgan fingerprint density at radius 2 is 2.36 bits per heavy atom. The van der Waals surface area contributed by atoms with Crippen LogP contribution < -0.4 is 5.32 Å². The maximum atomic E-state index is 4.93. The Morgan fingerprint density at radius 3 is 2.93 bits per heavy atom. The van der Waals surface area contributed by atoms with Gasteiger partial charge in [0.15, 0.2) is 0 Å². The van der Waals surface area contributed by atoms with Crippen molar-refractivity contribution in [3.63, 3.8) is 0 Å². The average Bonchev–Trinajstić information content (AvgIpc) is 2.19. The summed E-state index contributed by atoms with van der Waals surface area (Å²) >= 11 is 4.93. The van der Waals surface area contributed by atoms with Gasteiger partial charge < -0.3 is 5.32 Å². The fourth-order valence-corrected chi connectivity index (χ4v) is 1.39. The highest BCUT2D eigenvalue weighted by Crippen LogP contribution is 2.14. The van der Waals surface area contributed by atoms with E-state index in [2.05, 4.69) is 29.4 Å². The van der Waals surface area contributed by atoms with E-state index in [0.29, 0.717) is 10.6 Å². The third-order valence-corrected chi connectivity index (χ3v) is 2.44. The van der Waals surface area contributed by atoms with E-state index in [1.807, 2.05) is 12.1 Å². The number of hydrogen-bond donors (Lipinski definition) is 2. The van der Waals surface area contributed by atoms with E-state index in [1.165, 1.54) is 0 Å². The second kappa shape index (κ2) is 5.88. The summed E-state index contributed by atoms with van der Waals surface area (Å²) in [6.07, 6.45) is 1.10. The van der Waals surface area contributed by atoms with Crippen molar-refractivity contribution < 1.29 is 0 Å². The van der Waals surface area contributed by atoms with Gasteiger partial charge in [-0.15, -0.1) is 0 Å². The van der Waals surface area contributed by atoms with Gasteiger partial charge in [-0.05, 0) is 31.6 Å². The lowest BCUT2D eigenvalue weighted by atomic mass is 10.0. The van der Waals surface area contributed by atoms with Gasteiger partial charge in [-0.3, -0.25) is 5.10 Å². The molecule has 1 unspecified atom stereocenters. The fraction of sp³-hybridized carbons (Fsp3) is 0.600. The van der Waals surface area contributed by atoms with Crippen molar-refractivity contribution in [3.8, 4) is 0 Å². The molecule has 1 aromatic heterocycles. The Labute approximate surface area is 89.9 Å². The summed E-state index contributed by atoms with van der Waals surface area (Å²) in [6.45, 7) is 6.35. The number of nitrogens with zero attached hydrogens (tertiary/aromatic N) is 1. The lowest BCUT2D eigenvalue weighted by Crippen LogP contribution is -2.16. The molecule has 1 heterocycles. The molecule has 14 heavy (non-hydrogen) atoms. The molecule has 0 fully saturated rings. The van der Waals surface area contributed by atoms with Crippen molar-refractivity contribution in [2.45, 2.75) is 26.2 Å². The molecule has 0 saturated carbocycles. The standard InChI is InChI=1S/C10H17N3S/c1-3-11-7-6-8(2)9-4-5-10(14)13-12-9/h4-5,8,11H,3,6-7H2,1-2H3,(H,13,14). The Balaban J connectivity index is 2.47. The van der Waals surface area contributed by atoms with Crippen LogP contribution in [0.3, 0.4) is 0 Å². The first-order chi connectivity index (χ1) is 6.74. The molecule has 0 aliphatic carbocycles. The molecule has 0 amide bonds. The minimum atomic E-state index is 0.473. The van der Waals surface area contributed by atoms with Crippen LogP contribution in [0.4, 0.5) is 0 Å². The van der Waals surface area contributed by atoms with Crippen LogP contribution >= 0.6 is 12.2 Å². The molecule has 0 aromatic carbocycles. The van der Waals surface area contributed by atoms with E-state index in [0.717, 1.165) is 25.2 Å². The van der Waals surface area contributed by atoms with Gasteiger partial charge in [0.25, 0.3) is 0 Å². The van der Waals surface area contributed by atoms with Crippen LogP contribution in [-0.4, -0.2) is 23.3 Å². The Hall–Kier alpha value is -0.740. The normalized spacial score (nSPS) is 12.7. The van der Waals surface area contributed by atoms with Gasteiger partial charge >= 0.3 is 0 Å². The number of H-pyrrole nitrogens is 1. The summed E-state index contributed by atoms with van der Waals surface area (Å²) in [5.41, 5.74) is 1.08. The molecule has 0 spiro atoms. The minimum Gasteiger partial charge on any atom is -0.317 e. The zero-order chi connectivity index (χ0) is 10.4. The Kier molecular flexibility index (Phi) is 4.76. The van der Waals surface area contributed by atoms with E-state index < -0.39 is 0 Å². The summed E-state index contributed by atoms with van der Waals surface area (Å²) in [7, 11) is 0. The molecule has 0 radical (unpaired) electrons. The summed E-state index contributed by atoms with van der Waals surface area (Å²) in [6, 6.07) is 3.89. The van der Waals surface area contributed by atoms with E-state index in [4.69, 9.17) is 12.2 Å². The molecule has 1 aromatic rings. The highest BCUT2D eigenvalue weighted by molar-refractivity contribution is 7.71. The summed E-state index contributed by atoms with van der Waals surface area (Å²) in [4.78, 5) is 0. The van der Waals surface area contributed by atoms with Crippen molar-refractivity contribution >= 4 is 12.2 Å². The predicted octanol–water partition coefficient (Wildman–Crippen LogP) is 2.24. The molecular weight excluding hydrogens is 194 g/mol. The third kappa shape index (κ3) is 3.55. The molecule has 2 N–H and O–H groups in total. The van der Waals surface area contributed by atoms with Gasteiger partial charge in [0.1, 0.15) is 4.64 Å². The SMILES string of the molecule is CCNCCC(C)c1ccc(=S)[nH]n1. The van der Waals surface area contributed by atoms with Crippen molar-refractivity contribution in [2.24, 2.45) is 0 Å². The molecule has 3 nitrogen and oxygen atoms in total. The largest absolute Gasteiger partial charge is 0.317 e. The quantitative estimate of drug-likeness (QED) is 0.579. The van der Waals surface area contributed by atoms with Crippen LogP contribution in [0.1, 0.15) is 31.9 Å². The van der Waals surface area contributed by atoms with Crippen LogP contribution in [0.2, 0.25) is 0 Å². The first kappa shape index (κ1) is 11.3. The molecule has 0 aliphatic heterocycles. The van der Waals surface area contributed by atoms with E-state index in [-0.39, 0.29) is 0 Å². The molecule has 4 heteroatoms. The molecule has 0 saturated heterocycles. The summed E-state index contributed by atoms with van der Waals surface area (Å²) in [5.74, 6) is 0.473. The number of aromatic nitrogens is 2. The van der Waals surface area contributed by atoms with Crippen molar-refractivity contribution in [1.29, 1.82) is 0 Å². The number of aromatic amines is 1. The van der Waals surface area contributed by atoms with Gasteiger partial charge in [0, 0.05) is 5.92 Å². The van der Waals surface area contributed by atoms with E-state index >= 15 is 0 Å². The Morgan fingerprint density at radius 1 is 1.57 bits per heavy atom. The van der Waals surface area contributed by atoms with Crippen LogP contribution in [0.5, 0.6) is 0 Å². The van der Waals surface area contributed by atoms with Crippen LogP contribution in [0, 0.1) is 4.64 Å². The predicted molar refractivity (Wildman–Crippen MR) is 61.0 cm³/mol. The maximum Gasteiger partial charge on any atom is 0.119 e. The minimum absolute atomic E-state index is 0.473. The topological polar surface area (TPSA) is 40.7 Å². The highest BCUT2D eigenvalue weighted by Gasteiger charge is 2.05. The molecule has 1 rings (SSSR count). The van der Waals surface area contributed by atoms with Crippen molar-refractivity contribution in [1.82, 2.24) is 15.5 Å². The molecule has 0 bridgehead atoms. The van der Waals surface area contributed by atoms with Gasteiger partial charge in [-0.25, -0.2) is 0 Å². The molecule has 78 valence electrons. The van der Waals surface area contributed by atoms with Crippen LogP contribution in [0.15, 0.2) is 12.1 Å². The number of hydrogen-bond acceptors (Lipinski definition) is 3. The van der Waals surface area contributed by atoms with Crippen LogP contribution in [0.25, 0.3) is 0 Å². The van der Waals surface area contributed by atoms with Gasteiger partial charge in [-0.1, -0.05) is 26.1 Å². The zero-order valence-corrected chi connectivity index (χ0v) is 9.53. The number of nitrogens with one attached hydrogen (secondary N) is 2. The third-order valence-electron chi connectivity index (χ3n) is 2.21. The monoisotopic (exact) mass is 211 g/mol. The lowest BCUT2D eigenvalue weighted by Gasteiger charge is -2.09. The van der Waals surface area contributed by atoms with Gasteiger partial charge in [-0.2, -0.15) is 5.10 Å². The van der Waals surface area contributed by atoms with Crippen molar-refractivity contribution in [3.05, 3.63) is 22.5 Å². The smallest absolute Gasteiger partial charge is 0.119 e. The zero-order valence-electron chi connectivity index (χ0n) is 8.71. The number of rotatable bonds is 5. The fourth-order valence-electron chi connectivity index (χ4n) is 1.27. The molecular formula is C10H17N3S.